The highest BCUT2D eigenvalue weighted by molar-refractivity contribution is 7.91. The minimum absolute atomic E-state index is 0.0552. The molecular weight excluding hydrogens is 355 g/mol. The average Bonchev–Trinajstić information content (AvgIpc) is 2.54. The summed E-state index contributed by atoms with van der Waals surface area (Å²) >= 11 is 0. The van der Waals surface area contributed by atoms with Gasteiger partial charge in [-0.2, -0.15) is 13.1 Å². The molecule has 0 atom stereocenters. The molecule has 0 saturated heterocycles. The van der Waals surface area contributed by atoms with Crippen LogP contribution in [-0.4, -0.2) is 29.1 Å². The van der Waals surface area contributed by atoms with Gasteiger partial charge in [0.15, 0.2) is 9.84 Å². The standard InChI is InChI=1S/C15H17FN2O4S2/c16-14-6-8-15(9-7-14)23(19,20)11-10-17-24(21,22)18-12-13-4-2-1-3-5-13/h1-9,17-18H,10-12H2. The lowest BCUT2D eigenvalue weighted by Gasteiger charge is -2.09. The van der Waals surface area contributed by atoms with Crippen LogP contribution in [0.2, 0.25) is 0 Å². The fraction of sp³-hybridized carbons (Fsp3) is 0.200. The van der Waals surface area contributed by atoms with Crippen LogP contribution in [0.5, 0.6) is 0 Å². The zero-order valence-corrected chi connectivity index (χ0v) is 14.3. The molecule has 0 amide bonds. The van der Waals surface area contributed by atoms with Crippen molar-refractivity contribution < 1.29 is 21.2 Å². The van der Waals surface area contributed by atoms with E-state index in [1.54, 1.807) is 24.3 Å². The highest BCUT2D eigenvalue weighted by atomic mass is 32.2. The molecule has 0 bridgehead atoms. The van der Waals surface area contributed by atoms with Crippen molar-refractivity contribution in [1.29, 1.82) is 0 Å². The molecular formula is C15H17FN2O4S2. The second-order valence-corrected chi connectivity index (χ2v) is 8.67. The Labute approximate surface area is 140 Å². The number of halogens is 1. The van der Waals surface area contributed by atoms with Crippen LogP contribution < -0.4 is 9.44 Å². The molecule has 0 aliphatic carbocycles. The van der Waals surface area contributed by atoms with Crippen LogP contribution in [0.3, 0.4) is 0 Å². The molecule has 24 heavy (non-hydrogen) atoms. The summed E-state index contributed by atoms with van der Waals surface area (Å²) in [5, 5.41) is 0. The van der Waals surface area contributed by atoms with Gasteiger partial charge in [0.2, 0.25) is 0 Å². The molecule has 6 nitrogen and oxygen atoms in total. The minimum Gasteiger partial charge on any atom is -0.224 e. The first-order valence-corrected chi connectivity index (χ1v) is 10.2. The van der Waals surface area contributed by atoms with Crippen molar-refractivity contribution in [3.05, 3.63) is 66.0 Å². The summed E-state index contributed by atoms with van der Waals surface area (Å²) in [7, 11) is -7.50. The van der Waals surface area contributed by atoms with Gasteiger partial charge in [0.05, 0.1) is 10.6 Å². The van der Waals surface area contributed by atoms with Gasteiger partial charge in [-0.3, -0.25) is 0 Å². The Bertz CT molecular complexity index is 867. The SMILES string of the molecule is O=S(=O)(NCCS(=O)(=O)c1ccc(F)cc1)NCc1ccccc1. The van der Waals surface area contributed by atoms with Gasteiger partial charge in [0, 0.05) is 13.1 Å². The second kappa shape index (κ2) is 7.84. The van der Waals surface area contributed by atoms with E-state index in [2.05, 4.69) is 9.44 Å². The van der Waals surface area contributed by atoms with Crippen molar-refractivity contribution in [1.82, 2.24) is 9.44 Å². The molecule has 0 aliphatic rings. The van der Waals surface area contributed by atoms with Crippen molar-refractivity contribution in [3.8, 4) is 0 Å². The van der Waals surface area contributed by atoms with E-state index in [0.717, 1.165) is 29.8 Å². The molecule has 130 valence electrons. The van der Waals surface area contributed by atoms with Gasteiger partial charge in [-0.15, -0.1) is 0 Å². The zero-order chi connectivity index (χ0) is 17.6. The van der Waals surface area contributed by atoms with E-state index in [4.69, 9.17) is 0 Å². The zero-order valence-electron chi connectivity index (χ0n) is 12.6. The van der Waals surface area contributed by atoms with Crippen molar-refractivity contribution in [2.24, 2.45) is 0 Å². The third-order valence-corrected chi connectivity index (χ3v) is 5.99. The molecule has 9 heteroatoms. The maximum atomic E-state index is 12.8. The highest BCUT2D eigenvalue weighted by Gasteiger charge is 2.16. The number of hydrogen-bond donors (Lipinski definition) is 2. The first-order chi connectivity index (χ1) is 11.3. The van der Waals surface area contributed by atoms with E-state index in [-0.39, 0.29) is 18.0 Å². The van der Waals surface area contributed by atoms with Crippen molar-refractivity contribution in [3.63, 3.8) is 0 Å². The fourth-order valence-electron chi connectivity index (χ4n) is 1.90. The Morgan fingerprint density at radius 1 is 0.833 bits per heavy atom. The molecule has 0 fully saturated rings. The molecule has 2 aromatic rings. The summed E-state index contributed by atoms with van der Waals surface area (Å²) in [4.78, 5) is -0.0552. The van der Waals surface area contributed by atoms with Gasteiger partial charge in [0.25, 0.3) is 10.2 Å². The molecule has 0 aromatic heterocycles. The normalized spacial score (nSPS) is 12.2. The molecule has 0 saturated carbocycles. The van der Waals surface area contributed by atoms with Crippen LogP contribution in [0.25, 0.3) is 0 Å². The summed E-state index contributed by atoms with van der Waals surface area (Å²) in [6.45, 7) is -0.190. The first-order valence-electron chi connectivity index (χ1n) is 7.05. The predicted molar refractivity (Wildman–Crippen MR) is 88.7 cm³/mol. The third-order valence-electron chi connectivity index (χ3n) is 3.14. The van der Waals surface area contributed by atoms with Crippen LogP contribution in [-0.2, 0) is 26.6 Å². The lowest BCUT2D eigenvalue weighted by Crippen LogP contribution is -2.38. The fourth-order valence-corrected chi connectivity index (χ4v) is 4.01. The number of benzene rings is 2. The summed E-state index contributed by atoms with van der Waals surface area (Å²) in [6, 6.07) is 13.3. The number of rotatable bonds is 8. The smallest absolute Gasteiger partial charge is 0.224 e. The summed E-state index contributed by atoms with van der Waals surface area (Å²) in [6.07, 6.45) is 0. The van der Waals surface area contributed by atoms with E-state index >= 15 is 0 Å². The van der Waals surface area contributed by atoms with E-state index < -0.39 is 31.6 Å². The van der Waals surface area contributed by atoms with Crippen LogP contribution in [0, 0.1) is 5.82 Å². The maximum Gasteiger partial charge on any atom is 0.277 e. The van der Waals surface area contributed by atoms with Gasteiger partial charge in [0.1, 0.15) is 5.82 Å². The molecule has 2 aromatic carbocycles. The topological polar surface area (TPSA) is 92.3 Å². The van der Waals surface area contributed by atoms with Crippen LogP contribution in [0.4, 0.5) is 4.39 Å². The first kappa shape index (κ1) is 18.5. The van der Waals surface area contributed by atoms with Crippen LogP contribution >= 0.6 is 0 Å². The third kappa shape index (κ3) is 5.68. The maximum absolute atomic E-state index is 12.8. The summed E-state index contributed by atoms with van der Waals surface area (Å²) in [5.74, 6) is -0.968. The summed E-state index contributed by atoms with van der Waals surface area (Å²) in [5.41, 5.74) is 0.779. The number of nitrogens with one attached hydrogen (secondary N) is 2. The Kier molecular flexibility index (Phi) is 6.05. The van der Waals surface area contributed by atoms with Crippen molar-refractivity contribution >= 4 is 20.0 Å². The van der Waals surface area contributed by atoms with Crippen LogP contribution in [0.1, 0.15) is 5.56 Å². The number of hydrogen-bond acceptors (Lipinski definition) is 4. The molecule has 2 rings (SSSR count). The molecule has 0 unspecified atom stereocenters. The molecule has 0 heterocycles. The highest BCUT2D eigenvalue weighted by Crippen LogP contribution is 2.11. The molecule has 0 aliphatic heterocycles. The second-order valence-electron chi connectivity index (χ2n) is 4.98. The van der Waals surface area contributed by atoms with E-state index in [9.17, 15) is 21.2 Å². The number of sulfone groups is 1. The molecule has 2 N–H and O–H groups in total. The Balaban J connectivity index is 1.87. The lowest BCUT2D eigenvalue weighted by atomic mass is 10.2. The predicted octanol–water partition coefficient (Wildman–Crippen LogP) is 1.22. The van der Waals surface area contributed by atoms with Gasteiger partial charge in [-0.1, -0.05) is 30.3 Å². The van der Waals surface area contributed by atoms with Crippen LogP contribution in [0.15, 0.2) is 59.5 Å². The monoisotopic (exact) mass is 372 g/mol. The van der Waals surface area contributed by atoms with Crippen molar-refractivity contribution in [2.45, 2.75) is 11.4 Å². The van der Waals surface area contributed by atoms with Crippen molar-refractivity contribution in [2.75, 3.05) is 12.3 Å². The average molecular weight is 372 g/mol. The Hall–Kier alpha value is -1.81. The lowest BCUT2D eigenvalue weighted by molar-refractivity contribution is 0.567. The van der Waals surface area contributed by atoms with Gasteiger partial charge < -0.3 is 0 Å². The van der Waals surface area contributed by atoms with E-state index in [1.807, 2.05) is 6.07 Å². The Morgan fingerprint density at radius 2 is 1.46 bits per heavy atom. The van der Waals surface area contributed by atoms with Gasteiger partial charge in [-0.25, -0.2) is 17.5 Å². The minimum atomic E-state index is -3.82. The largest absolute Gasteiger partial charge is 0.277 e. The molecule has 0 spiro atoms. The quantitative estimate of drug-likeness (QED) is 0.682. The van der Waals surface area contributed by atoms with Gasteiger partial charge >= 0.3 is 0 Å². The summed E-state index contributed by atoms with van der Waals surface area (Å²) < 4.78 is 65.0. The van der Waals surface area contributed by atoms with Gasteiger partial charge in [-0.05, 0) is 29.8 Å². The van der Waals surface area contributed by atoms with E-state index in [1.165, 1.54) is 0 Å². The van der Waals surface area contributed by atoms with E-state index in [0.29, 0.717) is 0 Å². The molecule has 0 radical (unpaired) electrons. The Morgan fingerprint density at radius 3 is 2.08 bits per heavy atom.